The van der Waals surface area contributed by atoms with Gasteiger partial charge in [-0.3, -0.25) is 0 Å². The number of hydrogen-bond donors (Lipinski definition) is 2. The van der Waals surface area contributed by atoms with Gasteiger partial charge in [-0.1, -0.05) is 13.0 Å². The van der Waals surface area contributed by atoms with Crippen LogP contribution in [0.5, 0.6) is 0 Å². The van der Waals surface area contributed by atoms with Crippen LogP contribution in [0.4, 0.5) is 16.2 Å². The second kappa shape index (κ2) is 8.63. The van der Waals surface area contributed by atoms with Crippen molar-refractivity contribution < 1.29 is 9.90 Å². The van der Waals surface area contributed by atoms with Crippen LogP contribution in [0.3, 0.4) is 0 Å². The summed E-state index contributed by atoms with van der Waals surface area (Å²) in [4.78, 5) is 16.3. The zero-order chi connectivity index (χ0) is 15.8. The number of piperidine rings is 1. The second-order valence-corrected chi connectivity index (χ2v) is 5.74. The molecule has 0 radical (unpaired) electrons. The van der Waals surface area contributed by atoms with Gasteiger partial charge in [-0.2, -0.15) is 0 Å². The van der Waals surface area contributed by atoms with Gasteiger partial charge in [0.1, 0.15) is 0 Å². The first-order valence-corrected chi connectivity index (χ1v) is 8.26. The maximum atomic E-state index is 12.3. The van der Waals surface area contributed by atoms with Gasteiger partial charge in [0.05, 0.1) is 6.61 Å². The van der Waals surface area contributed by atoms with Crippen LogP contribution >= 0.6 is 0 Å². The minimum absolute atomic E-state index is 0.0127. The predicted molar refractivity (Wildman–Crippen MR) is 90.5 cm³/mol. The van der Waals surface area contributed by atoms with Gasteiger partial charge in [0.2, 0.25) is 0 Å². The molecule has 1 aliphatic rings. The Hall–Kier alpha value is -1.75. The van der Waals surface area contributed by atoms with Crippen LogP contribution < -0.4 is 10.2 Å². The summed E-state index contributed by atoms with van der Waals surface area (Å²) in [6, 6.07) is 7.88. The van der Waals surface area contributed by atoms with Gasteiger partial charge in [-0.25, -0.2) is 4.79 Å². The lowest BCUT2D eigenvalue weighted by Gasteiger charge is -2.29. The molecule has 0 bridgehead atoms. The summed E-state index contributed by atoms with van der Waals surface area (Å²) in [5.41, 5.74) is 1.98. The second-order valence-electron chi connectivity index (χ2n) is 5.74. The van der Waals surface area contributed by atoms with E-state index in [9.17, 15) is 4.79 Å². The molecular weight excluding hydrogens is 278 g/mol. The zero-order valence-corrected chi connectivity index (χ0v) is 13.4. The number of urea groups is 1. The summed E-state index contributed by atoms with van der Waals surface area (Å²) in [6.45, 7) is 5.20. The average molecular weight is 305 g/mol. The number of carbonyl (C=O) groups excluding carboxylic acids is 1. The number of nitrogens with one attached hydrogen (secondary N) is 1. The Balaban J connectivity index is 2.00. The largest absolute Gasteiger partial charge is 0.395 e. The summed E-state index contributed by atoms with van der Waals surface area (Å²) in [6.07, 6.45) is 4.65. The van der Waals surface area contributed by atoms with Gasteiger partial charge < -0.3 is 20.2 Å². The number of nitrogens with zero attached hydrogens (tertiary/aromatic N) is 2. The molecule has 2 N–H and O–H groups in total. The topological polar surface area (TPSA) is 55.8 Å². The highest BCUT2D eigenvalue weighted by molar-refractivity contribution is 5.89. The summed E-state index contributed by atoms with van der Waals surface area (Å²) in [5, 5.41) is 12.0. The van der Waals surface area contributed by atoms with E-state index < -0.39 is 0 Å². The van der Waals surface area contributed by atoms with Crippen LogP contribution in [-0.2, 0) is 0 Å². The first-order valence-electron chi connectivity index (χ1n) is 8.26. The molecule has 1 saturated heterocycles. The Morgan fingerprint density at radius 1 is 1.27 bits per heavy atom. The van der Waals surface area contributed by atoms with Crippen molar-refractivity contribution in [3.8, 4) is 0 Å². The lowest BCUT2D eigenvalue weighted by atomic mass is 10.1. The van der Waals surface area contributed by atoms with E-state index in [1.54, 1.807) is 4.90 Å². The minimum Gasteiger partial charge on any atom is -0.395 e. The number of hydrogen-bond acceptors (Lipinski definition) is 3. The van der Waals surface area contributed by atoms with Crippen molar-refractivity contribution in [2.45, 2.75) is 32.6 Å². The van der Waals surface area contributed by atoms with Crippen LogP contribution in [-0.4, -0.2) is 48.8 Å². The quantitative estimate of drug-likeness (QED) is 0.849. The minimum atomic E-state index is -0.147. The Bertz CT molecular complexity index is 467. The van der Waals surface area contributed by atoms with Gasteiger partial charge in [-0.05, 0) is 43.9 Å². The van der Waals surface area contributed by atoms with E-state index in [4.69, 9.17) is 5.11 Å². The molecule has 0 atom stereocenters. The summed E-state index contributed by atoms with van der Waals surface area (Å²) in [7, 11) is 0. The average Bonchev–Trinajstić information content (AvgIpc) is 2.56. The van der Waals surface area contributed by atoms with Crippen LogP contribution in [0.1, 0.15) is 32.6 Å². The molecule has 2 amide bonds. The maximum Gasteiger partial charge on any atom is 0.321 e. The molecule has 2 rings (SSSR count). The van der Waals surface area contributed by atoms with E-state index in [0.29, 0.717) is 13.1 Å². The summed E-state index contributed by atoms with van der Waals surface area (Å²) in [5.74, 6) is 0. The van der Waals surface area contributed by atoms with Gasteiger partial charge in [0.25, 0.3) is 0 Å². The maximum absolute atomic E-state index is 12.3. The molecule has 22 heavy (non-hydrogen) atoms. The van der Waals surface area contributed by atoms with Crippen LogP contribution in [0.25, 0.3) is 0 Å². The van der Waals surface area contributed by atoms with Crippen molar-refractivity contribution in [2.24, 2.45) is 0 Å². The van der Waals surface area contributed by atoms with Gasteiger partial charge in [0.15, 0.2) is 0 Å². The van der Waals surface area contributed by atoms with E-state index in [2.05, 4.69) is 16.3 Å². The number of aliphatic hydroxyl groups is 1. The molecule has 122 valence electrons. The van der Waals surface area contributed by atoms with Crippen LogP contribution in [0.15, 0.2) is 24.3 Å². The van der Waals surface area contributed by atoms with E-state index in [-0.39, 0.29) is 12.6 Å². The number of aliphatic hydroxyl groups excluding tert-OH is 1. The fraction of sp³-hybridized carbons (Fsp3) is 0.588. The Morgan fingerprint density at radius 3 is 2.73 bits per heavy atom. The molecular formula is C17H27N3O2. The first-order chi connectivity index (χ1) is 10.7. The van der Waals surface area contributed by atoms with E-state index >= 15 is 0 Å². The highest BCUT2D eigenvalue weighted by Gasteiger charge is 2.14. The molecule has 0 saturated carbocycles. The molecule has 0 unspecified atom stereocenters. The van der Waals surface area contributed by atoms with Crippen molar-refractivity contribution in [3.63, 3.8) is 0 Å². The number of rotatable bonds is 6. The predicted octanol–water partition coefficient (Wildman–Crippen LogP) is 2.91. The van der Waals surface area contributed by atoms with Crippen LogP contribution in [0, 0.1) is 0 Å². The number of carbonyl (C=O) groups is 1. The molecule has 0 spiro atoms. The number of anilines is 2. The monoisotopic (exact) mass is 305 g/mol. The fourth-order valence-corrected chi connectivity index (χ4v) is 2.84. The van der Waals surface area contributed by atoms with Crippen LogP contribution in [0.2, 0.25) is 0 Å². The first kappa shape index (κ1) is 16.6. The highest BCUT2D eigenvalue weighted by Crippen LogP contribution is 2.23. The van der Waals surface area contributed by atoms with E-state index in [1.807, 2.05) is 25.1 Å². The number of amides is 2. The van der Waals surface area contributed by atoms with Gasteiger partial charge in [0, 0.05) is 37.6 Å². The lowest BCUT2D eigenvalue weighted by Crippen LogP contribution is -2.37. The highest BCUT2D eigenvalue weighted by atomic mass is 16.3. The lowest BCUT2D eigenvalue weighted by molar-refractivity contribution is 0.188. The third kappa shape index (κ3) is 4.63. The van der Waals surface area contributed by atoms with Crippen molar-refractivity contribution in [3.05, 3.63) is 24.3 Å². The molecule has 1 fully saturated rings. The molecule has 1 aromatic carbocycles. The third-order valence-corrected chi connectivity index (χ3v) is 3.97. The molecule has 5 heteroatoms. The Morgan fingerprint density at radius 2 is 2.05 bits per heavy atom. The molecule has 0 aliphatic carbocycles. The normalized spacial score (nSPS) is 14.7. The van der Waals surface area contributed by atoms with Crippen molar-refractivity contribution in [1.82, 2.24) is 4.90 Å². The molecule has 1 heterocycles. The SMILES string of the molecule is CCCN(CCO)C(=O)Nc1cccc(N2CCCCC2)c1. The molecule has 0 aromatic heterocycles. The van der Waals surface area contributed by atoms with Gasteiger partial charge >= 0.3 is 6.03 Å². The zero-order valence-electron chi connectivity index (χ0n) is 13.4. The van der Waals surface area contributed by atoms with Crippen molar-refractivity contribution >= 4 is 17.4 Å². The standard InChI is InChI=1S/C17H27N3O2/c1-2-9-20(12-13-21)17(22)18-15-7-6-8-16(14-15)19-10-4-3-5-11-19/h6-8,14,21H,2-5,9-13H2,1H3,(H,18,22). The molecule has 5 nitrogen and oxygen atoms in total. The Labute approximate surface area is 132 Å². The Kier molecular flexibility index (Phi) is 6.52. The summed E-state index contributed by atoms with van der Waals surface area (Å²) >= 11 is 0. The molecule has 1 aliphatic heterocycles. The van der Waals surface area contributed by atoms with Gasteiger partial charge in [-0.15, -0.1) is 0 Å². The summed E-state index contributed by atoms with van der Waals surface area (Å²) < 4.78 is 0. The fourth-order valence-electron chi connectivity index (χ4n) is 2.84. The van der Waals surface area contributed by atoms with Crippen molar-refractivity contribution in [2.75, 3.05) is 43.0 Å². The van der Waals surface area contributed by atoms with Crippen molar-refractivity contribution in [1.29, 1.82) is 0 Å². The third-order valence-electron chi connectivity index (χ3n) is 3.97. The molecule has 1 aromatic rings. The van der Waals surface area contributed by atoms with E-state index in [1.165, 1.54) is 24.9 Å². The number of benzene rings is 1. The smallest absolute Gasteiger partial charge is 0.321 e. The van der Waals surface area contributed by atoms with E-state index in [0.717, 1.165) is 25.2 Å².